The third-order valence-electron chi connectivity index (χ3n) is 2.66. The summed E-state index contributed by atoms with van der Waals surface area (Å²) >= 11 is 0. The molecule has 2 amide bonds. The van der Waals surface area contributed by atoms with E-state index in [9.17, 15) is 9.59 Å². The van der Waals surface area contributed by atoms with Gasteiger partial charge in [0.25, 0.3) is 0 Å². The van der Waals surface area contributed by atoms with Gasteiger partial charge in [-0.2, -0.15) is 0 Å². The van der Waals surface area contributed by atoms with Crippen molar-refractivity contribution in [2.24, 2.45) is 11.1 Å². The van der Waals surface area contributed by atoms with Gasteiger partial charge in [-0.25, -0.2) is 0 Å². The van der Waals surface area contributed by atoms with E-state index in [0.717, 1.165) is 6.42 Å². The van der Waals surface area contributed by atoms with Crippen molar-refractivity contribution >= 4 is 11.8 Å². The van der Waals surface area contributed by atoms with E-state index in [1.165, 1.54) is 4.90 Å². The Labute approximate surface area is 109 Å². The van der Waals surface area contributed by atoms with Crippen LogP contribution in [0.4, 0.5) is 0 Å². The molecular weight excluding hydrogens is 234 g/mol. The van der Waals surface area contributed by atoms with Crippen LogP contribution in [0.3, 0.4) is 0 Å². The summed E-state index contributed by atoms with van der Waals surface area (Å²) in [4.78, 5) is 24.9. The van der Waals surface area contributed by atoms with Crippen molar-refractivity contribution < 1.29 is 14.3 Å². The smallest absolute Gasteiger partial charge is 0.239 e. The molecule has 0 atom stereocenters. The molecule has 0 aliphatic rings. The van der Waals surface area contributed by atoms with Crippen LogP contribution in [0.1, 0.15) is 20.3 Å². The quantitative estimate of drug-likeness (QED) is 0.580. The summed E-state index contributed by atoms with van der Waals surface area (Å²) in [5, 5.41) is 2.73. The number of amides is 2. The number of methoxy groups -OCH3 is 1. The molecule has 0 aromatic heterocycles. The van der Waals surface area contributed by atoms with Crippen LogP contribution in [0, 0.1) is 5.41 Å². The Kier molecular flexibility index (Phi) is 7.54. The van der Waals surface area contributed by atoms with E-state index in [-0.39, 0.29) is 24.9 Å². The summed E-state index contributed by atoms with van der Waals surface area (Å²) in [6.45, 7) is 5.00. The number of rotatable bonds is 8. The lowest BCUT2D eigenvalue weighted by molar-refractivity contribution is -0.141. The Balaban J connectivity index is 4.04. The van der Waals surface area contributed by atoms with Gasteiger partial charge in [-0.3, -0.25) is 9.59 Å². The maximum Gasteiger partial charge on any atom is 0.239 e. The van der Waals surface area contributed by atoms with E-state index in [1.807, 2.05) is 0 Å². The van der Waals surface area contributed by atoms with Gasteiger partial charge in [0.1, 0.15) is 0 Å². The number of carbonyl (C=O) groups excluding carboxylic acids is 2. The molecule has 0 aliphatic carbocycles. The summed E-state index contributed by atoms with van der Waals surface area (Å²) in [6, 6.07) is 0. The van der Waals surface area contributed by atoms with Crippen LogP contribution in [0.25, 0.3) is 0 Å². The zero-order valence-corrected chi connectivity index (χ0v) is 11.8. The molecule has 106 valence electrons. The Bertz CT molecular complexity index is 280. The largest absolute Gasteiger partial charge is 0.385 e. The van der Waals surface area contributed by atoms with Crippen LogP contribution >= 0.6 is 0 Å². The first-order valence-corrected chi connectivity index (χ1v) is 6.06. The molecule has 0 saturated carbocycles. The van der Waals surface area contributed by atoms with Crippen LogP contribution in [-0.4, -0.2) is 57.1 Å². The highest BCUT2D eigenvalue weighted by atomic mass is 16.5. The van der Waals surface area contributed by atoms with Crippen LogP contribution in [0.2, 0.25) is 0 Å². The summed E-state index contributed by atoms with van der Waals surface area (Å²) in [7, 11) is 3.22. The van der Waals surface area contributed by atoms with Crippen molar-refractivity contribution in [1.82, 2.24) is 10.2 Å². The number of carbonyl (C=O) groups is 2. The number of nitrogens with zero attached hydrogens (tertiary/aromatic N) is 1. The summed E-state index contributed by atoms with van der Waals surface area (Å²) in [5.74, 6) is -0.299. The minimum atomic E-state index is -0.634. The molecule has 6 nitrogen and oxygen atoms in total. The zero-order valence-electron chi connectivity index (χ0n) is 11.8. The first kappa shape index (κ1) is 16.9. The standard InChI is InChI=1S/C12H25N3O3/c1-12(2,9-13)11(17)15(3)8-10(16)14-6-5-7-18-4/h5-9,13H2,1-4H3,(H,14,16). The Morgan fingerprint density at radius 3 is 2.50 bits per heavy atom. The Morgan fingerprint density at radius 2 is 2.00 bits per heavy atom. The maximum atomic E-state index is 12.0. The lowest BCUT2D eigenvalue weighted by Crippen LogP contribution is -2.46. The average Bonchev–Trinajstić information content (AvgIpc) is 2.33. The van der Waals surface area contributed by atoms with Crippen LogP contribution in [0.5, 0.6) is 0 Å². The molecular formula is C12H25N3O3. The second-order valence-corrected chi connectivity index (χ2v) is 4.95. The second-order valence-electron chi connectivity index (χ2n) is 4.95. The van der Waals surface area contributed by atoms with E-state index in [2.05, 4.69) is 5.32 Å². The Morgan fingerprint density at radius 1 is 1.39 bits per heavy atom. The molecule has 0 aromatic carbocycles. The molecule has 18 heavy (non-hydrogen) atoms. The fraction of sp³-hybridized carbons (Fsp3) is 0.833. The third kappa shape index (κ3) is 5.97. The van der Waals surface area contributed by atoms with Crippen molar-refractivity contribution in [3.63, 3.8) is 0 Å². The van der Waals surface area contributed by atoms with Crippen molar-refractivity contribution in [3.8, 4) is 0 Å². The van der Waals surface area contributed by atoms with Gasteiger partial charge in [0.15, 0.2) is 0 Å². The minimum absolute atomic E-state index is 0.0508. The molecule has 6 heteroatoms. The Hall–Kier alpha value is -1.14. The SMILES string of the molecule is COCCCNC(=O)CN(C)C(=O)C(C)(C)CN. The van der Waals surface area contributed by atoms with Gasteiger partial charge in [-0.05, 0) is 20.3 Å². The summed E-state index contributed by atoms with van der Waals surface area (Å²) < 4.78 is 4.87. The van der Waals surface area contributed by atoms with Crippen LogP contribution in [-0.2, 0) is 14.3 Å². The van der Waals surface area contributed by atoms with Gasteiger partial charge in [0, 0.05) is 33.9 Å². The number of nitrogens with one attached hydrogen (secondary N) is 1. The van der Waals surface area contributed by atoms with Crippen LogP contribution < -0.4 is 11.1 Å². The highest BCUT2D eigenvalue weighted by molar-refractivity contribution is 5.87. The molecule has 0 fully saturated rings. The van der Waals surface area contributed by atoms with E-state index in [1.54, 1.807) is 28.0 Å². The van der Waals surface area contributed by atoms with Gasteiger partial charge in [-0.15, -0.1) is 0 Å². The van der Waals surface area contributed by atoms with Gasteiger partial charge in [0.2, 0.25) is 11.8 Å². The normalized spacial score (nSPS) is 11.2. The fourth-order valence-electron chi connectivity index (χ4n) is 1.39. The van der Waals surface area contributed by atoms with Gasteiger partial charge < -0.3 is 20.7 Å². The van der Waals surface area contributed by atoms with E-state index in [0.29, 0.717) is 13.2 Å². The molecule has 3 N–H and O–H groups in total. The van der Waals surface area contributed by atoms with E-state index >= 15 is 0 Å². The third-order valence-corrected chi connectivity index (χ3v) is 2.66. The molecule has 0 bridgehead atoms. The number of nitrogens with two attached hydrogens (primary N) is 1. The second kappa shape index (κ2) is 8.05. The predicted octanol–water partition coefficient (Wildman–Crippen LogP) is -0.418. The van der Waals surface area contributed by atoms with Crippen molar-refractivity contribution in [2.75, 3.05) is 40.4 Å². The van der Waals surface area contributed by atoms with E-state index in [4.69, 9.17) is 10.5 Å². The topological polar surface area (TPSA) is 84.7 Å². The number of ether oxygens (including phenoxy) is 1. The lowest BCUT2D eigenvalue weighted by atomic mass is 9.92. The molecule has 0 aliphatic heterocycles. The number of hydrogen-bond donors (Lipinski definition) is 2. The molecule has 0 saturated heterocycles. The minimum Gasteiger partial charge on any atom is -0.385 e. The number of likely N-dealkylation sites (N-methyl/N-ethyl adjacent to an activating group) is 1. The van der Waals surface area contributed by atoms with Crippen molar-refractivity contribution in [2.45, 2.75) is 20.3 Å². The maximum absolute atomic E-state index is 12.0. The van der Waals surface area contributed by atoms with Crippen molar-refractivity contribution in [3.05, 3.63) is 0 Å². The van der Waals surface area contributed by atoms with Gasteiger partial charge in [-0.1, -0.05) is 0 Å². The van der Waals surface area contributed by atoms with Gasteiger partial charge >= 0.3 is 0 Å². The van der Waals surface area contributed by atoms with Crippen LogP contribution in [0.15, 0.2) is 0 Å². The predicted molar refractivity (Wildman–Crippen MR) is 70.0 cm³/mol. The molecule has 0 heterocycles. The molecule has 0 radical (unpaired) electrons. The molecule has 0 aromatic rings. The summed E-state index contributed by atoms with van der Waals surface area (Å²) in [6.07, 6.45) is 0.758. The summed E-state index contributed by atoms with van der Waals surface area (Å²) in [5.41, 5.74) is 4.89. The monoisotopic (exact) mass is 259 g/mol. The van der Waals surface area contributed by atoms with Crippen molar-refractivity contribution in [1.29, 1.82) is 0 Å². The lowest BCUT2D eigenvalue weighted by Gasteiger charge is -2.27. The fourth-order valence-corrected chi connectivity index (χ4v) is 1.39. The number of hydrogen-bond acceptors (Lipinski definition) is 4. The highest BCUT2D eigenvalue weighted by Crippen LogP contribution is 2.15. The average molecular weight is 259 g/mol. The van der Waals surface area contributed by atoms with Gasteiger partial charge in [0.05, 0.1) is 12.0 Å². The van der Waals surface area contributed by atoms with E-state index < -0.39 is 5.41 Å². The molecule has 0 spiro atoms. The zero-order chi connectivity index (χ0) is 14.2. The molecule has 0 rings (SSSR count). The molecule has 0 unspecified atom stereocenters. The first-order valence-electron chi connectivity index (χ1n) is 6.06. The first-order chi connectivity index (χ1) is 8.35. The highest BCUT2D eigenvalue weighted by Gasteiger charge is 2.29.